The number of aliphatic hydroxyl groups excluding tert-OH is 2. The summed E-state index contributed by atoms with van der Waals surface area (Å²) in [5.41, 5.74) is 5.09. The van der Waals surface area contributed by atoms with Crippen LogP contribution in [0.5, 0.6) is 5.75 Å². The number of fused-ring (bicyclic) bond motifs is 2. The molecule has 2 aromatic carbocycles. The first-order valence-corrected chi connectivity index (χ1v) is 11.6. The normalized spacial score (nSPS) is 12.1. The highest BCUT2D eigenvalue weighted by Gasteiger charge is 2.17. The number of pyridine rings is 1. The van der Waals surface area contributed by atoms with Crippen molar-refractivity contribution >= 4 is 43.8 Å². The van der Waals surface area contributed by atoms with Crippen LogP contribution >= 0.6 is 11.3 Å². The van der Waals surface area contributed by atoms with Gasteiger partial charge in [-0.3, -0.25) is 0 Å². The maximum atomic E-state index is 9.78. The first-order chi connectivity index (χ1) is 16.6. The topological polar surface area (TPSA) is 114 Å². The Labute approximate surface area is 199 Å². The zero-order valence-electron chi connectivity index (χ0n) is 18.4. The number of hydrogen-bond donors (Lipinski definition) is 4. The maximum Gasteiger partial charge on any atom is 0.128 e. The molecule has 8 heteroatoms. The van der Waals surface area contributed by atoms with Crippen LogP contribution in [0.1, 0.15) is 11.1 Å². The summed E-state index contributed by atoms with van der Waals surface area (Å²) in [5.74, 6) is 0.602. The lowest BCUT2D eigenvalue weighted by molar-refractivity contribution is 0.0538. The van der Waals surface area contributed by atoms with E-state index in [4.69, 9.17) is 9.84 Å². The Kier molecular flexibility index (Phi) is 5.90. The number of nitrogens with zero attached hydrogens (tertiary/aromatic N) is 2. The summed E-state index contributed by atoms with van der Waals surface area (Å²) in [7, 11) is 0. The van der Waals surface area contributed by atoms with Gasteiger partial charge >= 0.3 is 0 Å². The smallest absolute Gasteiger partial charge is 0.128 e. The average molecular weight is 471 g/mol. The van der Waals surface area contributed by atoms with Crippen molar-refractivity contribution in [2.45, 2.75) is 13.0 Å². The fraction of sp³-hybridized carbons (Fsp3) is 0.154. The molecule has 0 saturated heterocycles. The molecule has 3 aromatic heterocycles. The Morgan fingerprint density at radius 2 is 2.06 bits per heavy atom. The van der Waals surface area contributed by atoms with E-state index in [1.165, 1.54) is 11.3 Å². The van der Waals surface area contributed by atoms with E-state index in [1.54, 1.807) is 6.20 Å². The number of aromatic amines is 1. The van der Waals surface area contributed by atoms with Crippen molar-refractivity contribution in [2.24, 2.45) is 0 Å². The lowest BCUT2D eigenvalue weighted by atomic mass is 10.1. The number of nitrogens with one attached hydrogen (secondary N) is 2. The van der Waals surface area contributed by atoms with Gasteiger partial charge in [0, 0.05) is 44.8 Å². The quantitative estimate of drug-likeness (QED) is 0.263. The highest BCUT2D eigenvalue weighted by Crippen LogP contribution is 2.41. The second-order valence-electron chi connectivity index (χ2n) is 7.93. The molecule has 0 amide bonds. The predicted molar refractivity (Wildman–Crippen MR) is 135 cm³/mol. The van der Waals surface area contributed by atoms with Gasteiger partial charge in [0.15, 0.2) is 0 Å². The Hall–Kier alpha value is -3.90. The number of anilines is 2. The molecule has 0 saturated carbocycles. The van der Waals surface area contributed by atoms with Gasteiger partial charge in [0.25, 0.3) is 0 Å². The van der Waals surface area contributed by atoms with Gasteiger partial charge in [-0.2, -0.15) is 5.26 Å². The highest BCUT2D eigenvalue weighted by molar-refractivity contribution is 7.22. The number of hydrogen-bond acceptors (Lipinski definition) is 7. The van der Waals surface area contributed by atoms with Crippen LogP contribution in [0, 0.1) is 18.3 Å². The van der Waals surface area contributed by atoms with Gasteiger partial charge in [-0.25, -0.2) is 4.98 Å². The Balaban J connectivity index is 1.58. The zero-order valence-corrected chi connectivity index (χ0v) is 19.2. The number of para-hydroxylation sites is 1. The van der Waals surface area contributed by atoms with E-state index in [-0.39, 0.29) is 13.2 Å². The second-order valence-corrected chi connectivity index (χ2v) is 8.96. The van der Waals surface area contributed by atoms with E-state index < -0.39 is 6.10 Å². The van der Waals surface area contributed by atoms with Crippen molar-refractivity contribution in [3.05, 3.63) is 72.1 Å². The van der Waals surface area contributed by atoms with Crippen molar-refractivity contribution in [3.8, 4) is 22.3 Å². The number of aliphatic hydroxyl groups is 2. The van der Waals surface area contributed by atoms with Gasteiger partial charge in [-0.1, -0.05) is 12.1 Å². The van der Waals surface area contributed by atoms with Gasteiger partial charge in [0.05, 0.1) is 17.9 Å². The van der Waals surface area contributed by atoms with E-state index in [9.17, 15) is 10.4 Å². The molecule has 5 rings (SSSR count). The van der Waals surface area contributed by atoms with Crippen LogP contribution in [0.3, 0.4) is 0 Å². The monoisotopic (exact) mass is 470 g/mol. The number of thiophene rings is 1. The van der Waals surface area contributed by atoms with Crippen molar-refractivity contribution in [3.63, 3.8) is 0 Å². The van der Waals surface area contributed by atoms with E-state index in [0.29, 0.717) is 17.0 Å². The molecular weight excluding hydrogens is 448 g/mol. The van der Waals surface area contributed by atoms with Crippen molar-refractivity contribution < 1.29 is 14.9 Å². The lowest BCUT2D eigenvalue weighted by Crippen LogP contribution is -2.21. The molecule has 0 bridgehead atoms. The lowest BCUT2D eigenvalue weighted by Gasteiger charge is -2.13. The summed E-state index contributed by atoms with van der Waals surface area (Å²) >= 11 is 1.50. The molecule has 0 aliphatic carbocycles. The van der Waals surface area contributed by atoms with Crippen molar-refractivity contribution in [1.82, 2.24) is 9.97 Å². The Bertz CT molecular complexity index is 1530. The highest BCUT2D eigenvalue weighted by atomic mass is 32.1. The number of H-pyrrole nitrogens is 1. The summed E-state index contributed by atoms with van der Waals surface area (Å²) in [6.45, 7) is 1.67. The molecule has 0 unspecified atom stereocenters. The Morgan fingerprint density at radius 1 is 1.21 bits per heavy atom. The summed E-state index contributed by atoms with van der Waals surface area (Å²) in [6, 6.07) is 17.9. The minimum atomic E-state index is -0.952. The molecule has 5 aromatic rings. The molecule has 34 heavy (non-hydrogen) atoms. The van der Waals surface area contributed by atoms with Crippen LogP contribution in [0.4, 0.5) is 11.4 Å². The summed E-state index contributed by atoms with van der Waals surface area (Å²) < 4.78 is 5.77. The molecule has 0 fully saturated rings. The first-order valence-electron chi connectivity index (χ1n) is 10.8. The van der Waals surface area contributed by atoms with E-state index in [1.807, 2.05) is 54.7 Å². The summed E-state index contributed by atoms with van der Waals surface area (Å²) in [5, 5.41) is 34.0. The molecule has 1 atom stereocenters. The molecule has 3 heterocycles. The minimum Gasteiger partial charge on any atom is -0.490 e. The number of nitriles is 1. The molecule has 170 valence electrons. The average Bonchev–Trinajstić information content (AvgIpc) is 3.52. The van der Waals surface area contributed by atoms with Gasteiger partial charge < -0.3 is 25.3 Å². The third-order valence-corrected chi connectivity index (χ3v) is 6.82. The third-order valence-electron chi connectivity index (χ3n) is 5.74. The largest absolute Gasteiger partial charge is 0.490 e. The van der Waals surface area contributed by atoms with Gasteiger partial charge in [0.2, 0.25) is 0 Å². The molecule has 0 aliphatic heterocycles. The van der Waals surface area contributed by atoms with E-state index in [2.05, 4.69) is 28.3 Å². The maximum absolute atomic E-state index is 9.78. The molecule has 7 nitrogen and oxygen atoms in total. The van der Waals surface area contributed by atoms with Crippen LogP contribution in [0.2, 0.25) is 0 Å². The SMILES string of the molecule is Cc1c(Nc2c(C#N)cnc3sc(-c4ccccc4OC[C@@H](O)CO)cc23)ccc2[nH]ccc12. The predicted octanol–water partition coefficient (Wildman–Crippen LogP) is 5.10. The zero-order chi connectivity index (χ0) is 23.7. The van der Waals surface area contributed by atoms with Crippen LogP contribution in [-0.4, -0.2) is 39.5 Å². The minimum absolute atomic E-state index is 0.0110. The van der Waals surface area contributed by atoms with Gasteiger partial charge in [0.1, 0.15) is 29.4 Å². The van der Waals surface area contributed by atoms with Crippen molar-refractivity contribution in [2.75, 3.05) is 18.5 Å². The number of ether oxygens (including phenoxy) is 1. The van der Waals surface area contributed by atoms with Crippen LogP contribution < -0.4 is 10.1 Å². The molecule has 0 radical (unpaired) electrons. The van der Waals surface area contributed by atoms with E-state index in [0.717, 1.165) is 42.8 Å². The standard InChI is InChI=1S/C26H22N4O3S/c1-15-18-8-9-28-22(18)7-6-21(15)30-25-16(11-27)12-29-26-20(25)10-24(34-26)19-4-2-3-5-23(19)33-14-17(32)13-31/h2-10,12,17,28,31-32H,13-14H2,1H3,(H,29,30)/t17-/m0/s1. The Morgan fingerprint density at radius 3 is 2.88 bits per heavy atom. The summed E-state index contributed by atoms with van der Waals surface area (Å²) in [6.07, 6.45) is 2.55. The fourth-order valence-corrected chi connectivity index (χ4v) is 4.97. The van der Waals surface area contributed by atoms with Crippen LogP contribution in [0.15, 0.2) is 60.9 Å². The molecule has 0 aliphatic rings. The number of benzene rings is 2. The van der Waals surface area contributed by atoms with Crippen LogP contribution in [0.25, 0.3) is 31.6 Å². The third kappa shape index (κ3) is 3.97. The first kappa shape index (κ1) is 21.9. The number of aryl methyl sites for hydroxylation is 1. The molecular formula is C26H22N4O3S. The molecule has 4 N–H and O–H groups in total. The van der Waals surface area contributed by atoms with Crippen molar-refractivity contribution in [1.29, 1.82) is 5.26 Å². The van der Waals surface area contributed by atoms with Crippen LogP contribution in [-0.2, 0) is 0 Å². The number of rotatable bonds is 7. The summed E-state index contributed by atoms with van der Waals surface area (Å²) in [4.78, 5) is 9.46. The van der Waals surface area contributed by atoms with Gasteiger partial charge in [-0.15, -0.1) is 11.3 Å². The van der Waals surface area contributed by atoms with Gasteiger partial charge in [-0.05, 0) is 48.9 Å². The number of aromatic nitrogens is 2. The second kappa shape index (κ2) is 9.15. The van der Waals surface area contributed by atoms with E-state index >= 15 is 0 Å². The fourth-order valence-electron chi connectivity index (χ4n) is 3.93. The molecule has 0 spiro atoms.